The Morgan fingerprint density at radius 3 is 2.35 bits per heavy atom. The fourth-order valence-electron chi connectivity index (χ4n) is 3.17. The van der Waals surface area contributed by atoms with E-state index in [0.29, 0.717) is 44.5 Å². The van der Waals surface area contributed by atoms with Gasteiger partial charge in [-0.15, -0.1) is 5.10 Å². The second kappa shape index (κ2) is 8.44. The van der Waals surface area contributed by atoms with Crippen LogP contribution in [0.15, 0.2) is 12.1 Å². The molecule has 1 aromatic heterocycles. The number of hydrogen-bond acceptors (Lipinski definition) is 5. The monoisotopic (exact) mass is 360 g/mol. The molecule has 1 aliphatic heterocycles. The smallest absolute Gasteiger partial charge is 0.323 e. The third-order valence-corrected chi connectivity index (χ3v) is 5.05. The summed E-state index contributed by atoms with van der Waals surface area (Å²) in [6.45, 7) is 8.48. The summed E-state index contributed by atoms with van der Waals surface area (Å²) in [6.07, 6.45) is 2.36. The molecule has 3 amide bonds. The molecule has 2 fully saturated rings. The zero-order valence-corrected chi connectivity index (χ0v) is 15.6. The predicted octanol–water partition coefficient (Wildman–Crippen LogP) is 1.37. The van der Waals surface area contributed by atoms with Gasteiger partial charge >= 0.3 is 6.03 Å². The molecule has 3 rings (SSSR count). The van der Waals surface area contributed by atoms with Crippen molar-refractivity contribution in [1.29, 1.82) is 0 Å². The molecule has 0 atom stereocenters. The van der Waals surface area contributed by atoms with E-state index >= 15 is 0 Å². The molecule has 8 nitrogen and oxygen atoms in total. The van der Waals surface area contributed by atoms with Gasteiger partial charge in [0.15, 0.2) is 5.82 Å². The molecule has 8 heteroatoms. The Balaban J connectivity index is 1.43. The molecule has 2 aliphatic rings. The van der Waals surface area contributed by atoms with Crippen LogP contribution in [0.1, 0.15) is 38.3 Å². The van der Waals surface area contributed by atoms with Crippen molar-refractivity contribution in [2.24, 2.45) is 0 Å². The molecule has 26 heavy (non-hydrogen) atoms. The van der Waals surface area contributed by atoms with Crippen LogP contribution in [0.3, 0.4) is 0 Å². The van der Waals surface area contributed by atoms with E-state index in [9.17, 15) is 9.59 Å². The number of piperazine rings is 1. The zero-order valence-electron chi connectivity index (χ0n) is 15.6. The van der Waals surface area contributed by atoms with Gasteiger partial charge in [-0.25, -0.2) is 4.79 Å². The Labute approximate surface area is 154 Å². The highest BCUT2D eigenvalue weighted by molar-refractivity contribution is 5.88. The average Bonchev–Trinajstić information content (AvgIpc) is 3.49. The van der Waals surface area contributed by atoms with Crippen molar-refractivity contribution < 1.29 is 9.59 Å². The molecule has 1 aromatic rings. The van der Waals surface area contributed by atoms with Crippen LogP contribution in [0, 0.1) is 0 Å². The van der Waals surface area contributed by atoms with Crippen LogP contribution in [0.5, 0.6) is 0 Å². The minimum absolute atomic E-state index is 0.152. The molecule has 0 radical (unpaired) electrons. The molecule has 0 bridgehead atoms. The first-order valence-corrected chi connectivity index (χ1v) is 9.50. The highest BCUT2D eigenvalue weighted by atomic mass is 16.2. The van der Waals surface area contributed by atoms with Gasteiger partial charge in [0.05, 0.1) is 12.2 Å². The van der Waals surface area contributed by atoms with E-state index in [2.05, 4.69) is 20.4 Å². The standard InChI is InChI=1S/C18H28N6O2/c1-3-23(4-2)17(25)13-22-9-11-24(12-10-22)18(26)19-16-8-7-15(20-21-16)14-5-6-14/h7-8,14H,3-6,9-13H2,1-2H3,(H,19,21,26). The highest BCUT2D eigenvalue weighted by Gasteiger charge is 2.26. The summed E-state index contributed by atoms with van der Waals surface area (Å²) in [4.78, 5) is 30.3. The minimum atomic E-state index is -0.159. The van der Waals surface area contributed by atoms with Crippen LogP contribution in [0.2, 0.25) is 0 Å². The maximum absolute atomic E-state index is 12.4. The topological polar surface area (TPSA) is 81.7 Å². The summed E-state index contributed by atoms with van der Waals surface area (Å²) in [6, 6.07) is 3.60. The Kier molecular flexibility index (Phi) is 6.03. The lowest BCUT2D eigenvalue weighted by Crippen LogP contribution is -2.52. The Hall–Kier alpha value is -2.22. The number of aromatic nitrogens is 2. The average molecular weight is 360 g/mol. The summed E-state index contributed by atoms with van der Waals surface area (Å²) >= 11 is 0. The van der Waals surface area contributed by atoms with Crippen molar-refractivity contribution in [3.63, 3.8) is 0 Å². The van der Waals surface area contributed by atoms with E-state index in [1.165, 1.54) is 12.8 Å². The lowest BCUT2D eigenvalue weighted by atomic mass is 10.3. The Bertz CT molecular complexity index is 619. The van der Waals surface area contributed by atoms with E-state index in [-0.39, 0.29) is 11.9 Å². The van der Waals surface area contributed by atoms with Crippen molar-refractivity contribution >= 4 is 17.8 Å². The summed E-state index contributed by atoms with van der Waals surface area (Å²) in [5, 5.41) is 11.1. The van der Waals surface area contributed by atoms with E-state index in [1.54, 1.807) is 4.90 Å². The first-order valence-electron chi connectivity index (χ1n) is 9.50. The van der Waals surface area contributed by atoms with E-state index < -0.39 is 0 Å². The molecule has 1 saturated heterocycles. The lowest BCUT2D eigenvalue weighted by molar-refractivity contribution is -0.132. The maximum Gasteiger partial charge on any atom is 0.323 e. The number of nitrogens with zero attached hydrogens (tertiary/aromatic N) is 5. The molecule has 2 heterocycles. The van der Waals surface area contributed by atoms with Crippen molar-refractivity contribution in [1.82, 2.24) is 24.9 Å². The van der Waals surface area contributed by atoms with Gasteiger partial charge < -0.3 is 9.80 Å². The Morgan fingerprint density at radius 1 is 1.12 bits per heavy atom. The fraction of sp³-hybridized carbons (Fsp3) is 0.667. The van der Waals surface area contributed by atoms with Crippen molar-refractivity contribution in [3.8, 4) is 0 Å². The van der Waals surface area contributed by atoms with Gasteiger partial charge in [0.1, 0.15) is 0 Å². The van der Waals surface area contributed by atoms with Gasteiger partial charge in [0.25, 0.3) is 0 Å². The molecular weight excluding hydrogens is 332 g/mol. The minimum Gasteiger partial charge on any atom is -0.342 e. The third-order valence-electron chi connectivity index (χ3n) is 5.05. The number of amides is 3. The molecular formula is C18H28N6O2. The molecule has 0 unspecified atom stereocenters. The van der Waals surface area contributed by atoms with Gasteiger partial charge in [-0.05, 0) is 38.8 Å². The summed E-state index contributed by atoms with van der Waals surface area (Å²) in [5.41, 5.74) is 1.01. The van der Waals surface area contributed by atoms with E-state index in [4.69, 9.17) is 0 Å². The Morgan fingerprint density at radius 2 is 1.81 bits per heavy atom. The normalized spacial score (nSPS) is 17.8. The molecule has 1 saturated carbocycles. The lowest BCUT2D eigenvalue weighted by Gasteiger charge is -2.35. The SMILES string of the molecule is CCN(CC)C(=O)CN1CCN(C(=O)Nc2ccc(C3CC3)nn2)CC1. The second-order valence-corrected chi connectivity index (χ2v) is 6.88. The highest BCUT2D eigenvalue weighted by Crippen LogP contribution is 2.38. The maximum atomic E-state index is 12.4. The van der Waals surface area contributed by atoms with Crippen molar-refractivity contribution in [2.45, 2.75) is 32.6 Å². The summed E-state index contributed by atoms with van der Waals surface area (Å²) < 4.78 is 0. The first-order chi connectivity index (χ1) is 12.6. The van der Waals surface area contributed by atoms with Gasteiger partial charge in [-0.1, -0.05) is 0 Å². The van der Waals surface area contributed by atoms with Crippen molar-refractivity contribution in [3.05, 3.63) is 17.8 Å². The van der Waals surface area contributed by atoms with E-state index in [0.717, 1.165) is 18.8 Å². The molecule has 1 N–H and O–H groups in total. The van der Waals surface area contributed by atoms with Crippen LogP contribution in [0.25, 0.3) is 0 Å². The largest absolute Gasteiger partial charge is 0.342 e. The number of rotatable bonds is 6. The molecule has 0 spiro atoms. The van der Waals surface area contributed by atoms with Gasteiger partial charge in [-0.3, -0.25) is 15.0 Å². The zero-order chi connectivity index (χ0) is 18.5. The van der Waals surface area contributed by atoms with Crippen LogP contribution in [-0.4, -0.2) is 82.6 Å². The number of hydrogen-bond donors (Lipinski definition) is 1. The van der Waals surface area contributed by atoms with Crippen LogP contribution in [0.4, 0.5) is 10.6 Å². The number of nitrogens with one attached hydrogen (secondary N) is 1. The number of likely N-dealkylation sites (N-methyl/N-ethyl adjacent to an activating group) is 1. The molecule has 1 aliphatic carbocycles. The van der Waals surface area contributed by atoms with Crippen LogP contribution >= 0.6 is 0 Å². The van der Waals surface area contributed by atoms with E-state index in [1.807, 2.05) is 30.9 Å². The van der Waals surface area contributed by atoms with Crippen LogP contribution in [-0.2, 0) is 4.79 Å². The van der Waals surface area contributed by atoms with Gasteiger partial charge in [0, 0.05) is 45.2 Å². The van der Waals surface area contributed by atoms with Gasteiger partial charge in [0.2, 0.25) is 5.91 Å². The van der Waals surface area contributed by atoms with Gasteiger partial charge in [-0.2, -0.15) is 5.10 Å². The second-order valence-electron chi connectivity index (χ2n) is 6.88. The summed E-state index contributed by atoms with van der Waals surface area (Å²) in [7, 11) is 0. The number of urea groups is 1. The number of anilines is 1. The quantitative estimate of drug-likeness (QED) is 0.829. The third kappa shape index (κ3) is 4.69. The number of carbonyl (C=O) groups is 2. The molecule has 0 aromatic carbocycles. The predicted molar refractivity (Wildman–Crippen MR) is 99.0 cm³/mol. The van der Waals surface area contributed by atoms with Crippen molar-refractivity contribution in [2.75, 3.05) is 51.1 Å². The number of carbonyl (C=O) groups excluding carboxylic acids is 2. The fourth-order valence-corrected chi connectivity index (χ4v) is 3.17. The first kappa shape index (κ1) is 18.6. The summed E-state index contributed by atoms with van der Waals surface area (Å²) in [5.74, 6) is 1.19. The van der Waals surface area contributed by atoms with Crippen LogP contribution < -0.4 is 5.32 Å². The molecule has 142 valence electrons.